The number of thioether (sulfide) groups is 1. The summed E-state index contributed by atoms with van der Waals surface area (Å²) in [5.41, 5.74) is 6.01. The molecular weight excluding hydrogens is 514 g/mol. The maximum atomic E-state index is 12.7. The second-order valence-electron chi connectivity index (χ2n) is 6.70. The van der Waals surface area contributed by atoms with Gasteiger partial charge in [0.2, 0.25) is 5.91 Å². The lowest BCUT2D eigenvalue weighted by molar-refractivity contribution is -0.124. The molecule has 2 aromatic carbocycles. The van der Waals surface area contributed by atoms with E-state index in [1.807, 2.05) is 24.3 Å². The van der Waals surface area contributed by atoms with Crippen molar-refractivity contribution in [3.05, 3.63) is 69.0 Å². The first kappa shape index (κ1) is 24.0. The van der Waals surface area contributed by atoms with Crippen molar-refractivity contribution < 1.29 is 19.1 Å². The Morgan fingerprint density at radius 1 is 1.19 bits per heavy atom. The second kappa shape index (κ2) is 11.3. The summed E-state index contributed by atoms with van der Waals surface area (Å²) < 4.78 is 6.28. The van der Waals surface area contributed by atoms with Crippen molar-refractivity contribution in [3.63, 3.8) is 0 Å². The van der Waals surface area contributed by atoms with Crippen LogP contribution in [0, 0.1) is 0 Å². The highest BCUT2D eigenvalue weighted by Gasteiger charge is 2.31. The lowest BCUT2D eigenvalue weighted by Gasteiger charge is -2.14. The van der Waals surface area contributed by atoms with Crippen molar-refractivity contribution >= 4 is 68.0 Å². The smallest absolute Gasteiger partial charge is 0.270 e. The fourth-order valence-electron chi connectivity index (χ4n) is 2.87. The summed E-state index contributed by atoms with van der Waals surface area (Å²) in [5, 5.41) is 0. The molecule has 0 radical (unpaired) electrons. The van der Waals surface area contributed by atoms with E-state index in [0.717, 1.165) is 5.56 Å². The summed E-state index contributed by atoms with van der Waals surface area (Å²) in [5.74, 6) is -0.273. The predicted molar refractivity (Wildman–Crippen MR) is 132 cm³/mol. The van der Waals surface area contributed by atoms with Crippen LogP contribution in [0.2, 0.25) is 0 Å². The van der Waals surface area contributed by atoms with Crippen molar-refractivity contribution in [1.82, 2.24) is 15.8 Å². The molecular formula is C22H20BrN3O4S2. The lowest BCUT2D eigenvalue weighted by Crippen LogP contribution is -2.42. The third kappa shape index (κ3) is 6.18. The van der Waals surface area contributed by atoms with E-state index in [1.165, 1.54) is 16.7 Å². The number of amides is 3. The number of thiocarbonyl (C=S) groups is 1. The Kier molecular flexibility index (Phi) is 8.43. The summed E-state index contributed by atoms with van der Waals surface area (Å²) in [7, 11) is 1.58. The van der Waals surface area contributed by atoms with Crippen molar-refractivity contribution in [3.8, 4) is 5.75 Å². The fraction of sp³-hybridized carbons (Fsp3) is 0.182. The molecule has 1 aliphatic rings. The quantitative estimate of drug-likeness (QED) is 0.319. The molecule has 1 fully saturated rings. The largest absolute Gasteiger partial charge is 0.497 e. The zero-order valence-corrected chi connectivity index (χ0v) is 20.3. The first-order chi connectivity index (χ1) is 15.4. The molecule has 3 amide bonds. The Hall–Kier alpha value is -2.69. The van der Waals surface area contributed by atoms with Crippen LogP contribution in [-0.4, -0.2) is 40.6 Å². The molecule has 0 aliphatic carbocycles. The number of nitrogens with one attached hydrogen (secondary N) is 2. The Labute approximate surface area is 203 Å². The molecule has 0 spiro atoms. The van der Waals surface area contributed by atoms with E-state index in [1.54, 1.807) is 37.5 Å². The minimum Gasteiger partial charge on any atom is -0.497 e. The van der Waals surface area contributed by atoms with Gasteiger partial charge in [-0.2, -0.15) is 0 Å². The van der Waals surface area contributed by atoms with E-state index >= 15 is 0 Å². The molecule has 2 aromatic rings. The number of carbonyl (C=O) groups excluding carboxylic acids is 3. The van der Waals surface area contributed by atoms with Crippen molar-refractivity contribution in [2.75, 3.05) is 13.7 Å². The maximum absolute atomic E-state index is 12.7. The van der Waals surface area contributed by atoms with Gasteiger partial charge in [-0.3, -0.25) is 30.1 Å². The van der Waals surface area contributed by atoms with Crippen LogP contribution in [0.4, 0.5) is 0 Å². The van der Waals surface area contributed by atoms with Crippen molar-refractivity contribution in [2.24, 2.45) is 0 Å². The molecule has 1 aliphatic heterocycles. The molecule has 166 valence electrons. The van der Waals surface area contributed by atoms with Crippen LogP contribution in [0.1, 0.15) is 28.8 Å². The van der Waals surface area contributed by atoms with E-state index in [2.05, 4.69) is 26.8 Å². The van der Waals surface area contributed by atoms with Gasteiger partial charge < -0.3 is 4.74 Å². The number of ether oxygens (including phenoxy) is 1. The second-order valence-corrected chi connectivity index (χ2v) is 9.23. The maximum Gasteiger partial charge on any atom is 0.270 e. The molecule has 1 heterocycles. The van der Waals surface area contributed by atoms with Gasteiger partial charge in [0.05, 0.1) is 17.6 Å². The number of methoxy groups -OCH3 is 1. The standard InChI is InChI=1S/C22H20BrN3O4S2/c1-30-15-7-4-6-14(12-15)13-18-21(29)26(22(31)32-18)11-5-10-19(27)24-25-20(28)16-8-2-3-9-17(16)23/h2-4,6-9,12-13H,5,10-11H2,1H3,(H,24,27)(H,25,28). The third-order valence-corrected chi connectivity index (χ3v) is 6.55. The molecule has 0 saturated carbocycles. The van der Waals surface area contributed by atoms with Crippen LogP contribution >= 0.6 is 39.9 Å². The van der Waals surface area contributed by atoms with E-state index in [4.69, 9.17) is 17.0 Å². The van der Waals surface area contributed by atoms with Gasteiger partial charge in [-0.1, -0.05) is 48.2 Å². The lowest BCUT2D eigenvalue weighted by atomic mass is 10.2. The number of benzene rings is 2. The molecule has 0 atom stereocenters. The van der Waals surface area contributed by atoms with Crippen molar-refractivity contribution in [2.45, 2.75) is 12.8 Å². The van der Waals surface area contributed by atoms with Gasteiger partial charge in [-0.05, 0) is 58.3 Å². The Bertz CT molecular complexity index is 1090. The van der Waals surface area contributed by atoms with Crippen LogP contribution in [0.15, 0.2) is 57.9 Å². The van der Waals surface area contributed by atoms with E-state index in [0.29, 0.717) is 38.0 Å². The van der Waals surface area contributed by atoms with E-state index in [-0.39, 0.29) is 18.2 Å². The molecule has 0 bridgehead atoms. The zero-order chi connectivity index (χ0) is 23.1. The van der Waals surface area contributed by atoms with Crippen LogP contribution in [0.3, 0.4) is 0 Å². The summed E-state index contributed by atoms with van der Waals surface area (Å²) in [6.45, 7) is 0.311. The van der Waals surface area contributed by atoms with Crippen LogP contribution in [0.25, 0.3) is 6.08 Å². The normalized spacial score (nSPS) is 14.6. The molecule has 10 heteroatoms. The SMILES string of the molecule is COc1cccc(C=C2SC(=S)N(CCCC(=O)NNC(=O)c3ccccc3Br)C2=O)c1. The average molecular weight is 534 g/mol. The van der Waals surface area contributed by atoms with Gasteiger partial charge in [0.25, 0.3) is 11.8 Å². The average Bonchev–Trinajstić information content (AvgIpc) is 3.05. The topological polar surface area (TPSA) is 87.7 Å². The summed E-state index contributed by atoms with van der Waals surface area (Å²) in [6.07, 6.45) is 2.30. The molecule has 0 aromatic heterocycles. The minimum absolute atomic E-state index is 0.127. The van der Waals surface area contributed by atoms with Crippen LogP contribution in [0.5, 0.6) is 5.75 Å². The third-order valence-electron chi connectivity index (χ3n) is 4.48. The number of hydrogen-bond acceptors (Lipinski definition) is 6. The fourth-order valence-corrected chi connectivity index (χ4v) is 4.65. The summed E-state index contributed by atoms with van der Waals surface area (Å²) in [6, 6.07) is 14.3. The van der Waals surface area contributed by atoms with Crippen LogP contribution < -0.4 is 15.6 Å². The van der Waals surface area contributed by atoms with Gasteiger partial charge in [-0.25, -0.2) is 0 Å². The van der Waals surface area contributed by atoms with Gasteiger partial charge in [0.1, 0.15) is 10.1 Å². The number of hydrogen-bond donors (Lipinski definition) is 2. The highest BCUT2D eigenvalue weighted by Crippen LogP contribution is 2.33. The van der Waals surface area contributed by atoms with Gasteiger partial charge in [0, 0.05) is 17.4 Å². The van der Waals surface area contributed by atoms with Gasteiger partial charge in [0.15, 0.2) is 0 Å². The molecule has 3 rings (SSSR count). The van der Waals surface area contributed by atoms with Gasteiger partial charge >= 0.3 is 0 Å². The molecule has 0 unspecified atom stereocenters. The Morgan fingerprint density at radius 2 is 1.97 bits per heavy atom. The highest BCUT2D eigenvalue weighted by molar-refractivity contribution is 9.10. The monoisotopic (exact) mass is 533 g/mol. The molecule has 7 nitrogen and oxygen atoms in total. The van der Waals surface area contributed by atoms with Gasteiger partial charge in [-0.15, -0.1) is 0 Å². The first-order valence-corrected chi connectivity index (χ1v) is 11.6. The first-order valence-electron chi connectivity index (χ1n) is 9.62. The van der Waals surface area contributed by atoms with Crippen LogP contribution in [-0.2, 0) is 9.59 Å². The highest BCUT2D eigenvalue weighted by atomic mass is 79.9. The number of hydrazine groups is 1. The molecule has 2 N–H and O–H groups in total. The Morgan fingerprint density at radius 3 is 2.72 bits per heavy atom. The molecule has 32 heavy (non-hydrogen) atoms. The Balaban J connectivity index is 1.48. The van der Waals surface area contributed by atoms with E-state index < -0.39 is 5.91 Å². The number of rotatable bonds is 7. The minimum atomic E-state index is -0.426. The van der Waals surface area contributed by atoms with Crippen molar-refractivity contribution in [1.29, 1.82) is 0 Å². The summed E-state index contributed by atoms with van der Waals surface area (Å²) >= 11 is 9.85. The summed E-state index contributed by atoms with van der Waals surface area (Å²) in [4.78, 5) is 38.9. The molecule has 1 saturated heterocycles. The number of halogens is 1. The number of nitrogens with zero attached hydrogens (tertiary/aromatic N) is 1. The van der Waals surface area contributed by atoms with E-state index in [9.17, 15) is 14.4 Å². The number of carbonyl (C=O) groups is 3. The predicted octanol–water partition coefficient (Wildman–Crippen LogP) is 3.90. The zero-order valence-electron chi connectivity index (χ0n) is 17.1.